The highest BCUT2D eigenvalue weighted by molar-refractivity contribution is 7.80. The van der Waals surface area contributed by atoms with Gasteiger partial charge in [0.25, 0.3) is 0 Å². The van der Waals surface area contributed by atoms with Crippen LogP contribution in [-0.4, -0.2) is 39.4 Å². The summed E-state index contributed by atoms with van der Waals surface area (Å²) in [6.45, 7) is 0.505. The Kier molecular flexibility index (Phi) is 4.12. The number of aromatic carboxylic acids is 2. The maximum absolute atomic E-state index is 10.7. The van der Waals surface area contributed by atoms with Crippen molar-refractivity contribution in [1.82, 2.24) is 4.98 Å². The number of nitrogens with one attached hydrogen (secondary N) is 1. The Bertz CT molecular complexity index is 390. The van der Waals surface area contributed by atoms with Gasteiger partial charge < -0.3 is 15.5 Å². The fourth-order valence-corrected chi connectivity index (χ4v) is 1.16. The molecule has 0 aromatic carbocycles. The second-order valence-electron chi connectivity index (χ2n) is 2.89. The summed E-state index contributed by atoms with van der Waals surface area (Å²) < 4.78 is 0. The number of anilines is 1. The van der Waals surface area contributed by atoms with Crippen LogP contribution in [-0.2, 0) is 0 Å². The van der Waals surface area contributed by atoms with Gasteiger partial charge in [-0.1, -0.05) is 0 Å². The summed E-state index contributed by atoms with van der Waals surface area (Å²) in [6, 6.07) is 2.55. The van der Waals surface area contributed by atoms with Crippen LogP contribution < -0.4 is 5.32 Å². The molecule has 86 valence electrons. The normalized spacial score (nSPS) is 9.81. The molecule has 0 aliphatic carbocycles. The molecule has 0 aliphatic rings. The lowest BCUT2D eigenvalue weighted by Gasteiger charge is -2.06. The van der Waals surface area contributed by atoms with E-state index in [4.69, 9.17) is 10.2 Å². The van der Waals surface area contributed by atoms with Gasteiger partial charge in [0, 0.05) is 18.0 Å². The number of aromatic nitrogens is 1. The van der Waals surface area contributed by atoms with E-state index < -0.39 is 11.9 Å². The molecule has 1 rings (SSSR count). The van der Waals surface area contributed by atoms with E-state index in [9.17, 15) is 9.59 Å². The van der Waals surface area contributed by atoms with Crippen molar-refractivity contribution in [2.75, 3.05) is 17.6 Å². The van der Waals surface area contributed by atoms with Crippen molar-refractivity contribution in [3.63, 3.8) is 0 Å². The van der Waals surface area contributed by atoms with E-state index in [0.29, 0.717) is 18.0 Å². The first-order valence-corrected chi connectivity index (χ1v) is 5.01. The van der Waals surface area contributed by atoms with Crippen LogP contribution in [0.2, 0.25) is 0 Å². The molecule has 0 fully saturated rings. The topological polar surface area (TPSA) is 99.5 Å². The molecule has 0 atom stereocenters. The molecule has 1 aromatic rings. The fraction of sp³-hybridized carbons (Fsp3) is 0.222. The fourth-order valence-electron chi connectivity index (χ4n) is 1.05. The molecule has 0 radical (unpaired) electrons. The van der Waals surface area contributed by atoms with Crippen molar-refractivity contribution >= 4 is 30.3 Å². The smallest absolute Gasteiger partial charge is 0.354 e. The van der Waals surface area contributed by atoms with Gasteiger partial charge in [-0.2, -0.15) is 12.6 Å². The molecule has 0 saturated heterocycles. The molecule has 0 unspecified atom stereocenters. The molecular formula is C9H10N2O4S. The maximum atomic E-state index is 10.7. The highest BCUT2D eigenvalue weighted by atomic mass is 32.1. The Morgan fingerprint density at radius 3 is 2.12 bits per heavy atom. The van der Waals surface area contributed by atoms with E-state index in [0.717, 1.165) is 0 Å². The quantitative estimate of drug-likeness (QED) is 0.570. The molecule has 0 spiro atoms. The molecule has 3 N–H and O–H groups in total. The molecular weight excluding hydrogens is 232 g/mol. The molecule has 0 amide bonds. The van der Waals surface area contributed by atoms with Crippen LogP contribution in [0.3, 0.4) is 0 Å². The van der Waals surface area contributed by atoms with Crippen molar-refractivity contribution < 1.29 is 19.8 Å². The van der Waals surface area contributed by atoms with Crippen LogP contribution >= 0.6 is 12.6 Å². The van der Waals surface area contributed by atoms with Gasteiger partial charge in [-0.15, -0.1) is 0 Å². The van der Waals surface area contributed by atoms with E-state index in [1.165, 1.54) is 12.1 Å². The van der Waals surface area contributed by atoms with Gasteiger partial charge in [-0.3, -0.25) is 0 Å². The third kappa shape index (κ3) is 3.13. The monoisotopic (exact) mass is 242 g/mol. The summed E-state index contributed by atoms with van der Waals surface area (Å²) in [5.74, 6) is -1.98. The Balaban J connectivity index is 3.08. The van der Waals surface area contributed by atoms with Crippen LogP contribution in [0.5, 0.6) is 0 Å². The number of pyridine rings is 1. The SMILES string of the molecule is O=C(O)c1cc(NCCS)cc(C(=O)O)n1. The molecule has 7 heteroatoms. The lowest BCUT2D eigenvalue weighted by atomic mass is 10.2. The Hall–Kier alpha value is -1.76. The first-order chi connectivity index (χ1) is 7.54. The largest absolute Gasteiger partial charge is 0.477 e. The zero-order valence-corrected chi connectivity index (χ0v) is 9.07. The molecule has 1 heterocycles. The predicted molar refractivity (Wildman–Crippen MR) is 60.5 cm³/mol. The van der Waals surface area contributed by atoms with E-state index in [1.807, 2.05) is 0 Å². The number of carboxylic acid groups (broad SMARTS) is 2. The lowest BCUT2D eigenvalue weighted by molar-refractivity contribution is 0.0685. The van der Waals surface area contributed by atoms with Gasteiger partial charge in [-0.05, 0) is 12.1 Å². The van der Waals surface area contributed by atoms with Crippen molar-refractivity contribution in [2.24, 2.45) is 0 Å². The Morgan fingerprint density at radius 2 is 1.75 bits per heavy atom. The summed E-state index contributed by atoms with van der Waals surface area (Å²) in [7, 11) is 0. The van der Waals surface area contributed by atoms with Gasteiger partial charge in [0.15, 0.2) is 11.4 Å². The zero-order valence-electron chi connectivity index (χ0n) is 8.17. The minimum atomic E-state index is -1.27. The van der Waals surface area contributed by atoms with E-state index in [1.54, 1.807) is 0 Å². The summed E-state index contributed by atoms with van der Waals surface area (Å²) in [6.07, 6.45) is 0. The second kappa shape index (κ2) is 5.36. The summed E-state index contributed by atoms with van der Waals surface area (Å²) in [5, 5.41) is 20.3. The van der Waals surface area contributed by atoms with Crippen LogP contribution in [0.25, 0.3) is 0 Å². The average Bonchev–Trinajstić information content (AvgIpc) is 2.25. The minimum absolute atomic E-state index is 0.304. The van der Waals surface area contributed by atoms with Crippen molar-refractivity contribution in [3.8, 4) is 0 Å². The summed E-state index contributed by atoms with van der Waals surface area (Å²) in [5.41, 5.74) is -0.207. The zero-order chi connectivity index (χ0) is 12.1. The lowest BCUT2D eigenvalue weighted by Crippen LogP contribution is -2.10. The van der Waals surface area contributed by atoms with E-state index in [2.05, 4.69) is 22.9 Å². The number of thiol groups is 1. The molecule has 6 nitrogen and oxygen atoms in total. The Labute approximate surface area is 96.7 Å². The van der Waals surface area contributed by atoms with Gasteiger partial charge in [-0.25, -0.2) is 14.6 Å². The second-order valence-corrected chi connectivity index (χ2v) is 3.33. The number of hydrogen-bond donors (Lipinski definition) is 4. The van der Waals surface area contributed by atoms with Crippen molar-refractivity contribution in [1.29, 1.82) is 0 Å². The third-order valence-corrected chi connectivity index (χ3v) is 1.93. The van der Waals surface area contributed by atoms with E-state index >= 15 is 0 Å². The van der Waals surface area contributed by atoms with Gasteiger partial charge in [0.2, 0.25) is 0 Å². The summed E-state index contributed by atoms with van der Waals surface area (Å²) in [4.78, 5) is 24.9. The van der Waals surface area contributed by atoms with Gasteiger partial charge in [0.05, 0.1) is 0 Å². The van der Waals surface area contributed by atoms with Crippen molar-refractivity contribution in [3.05, 3.63) is 23.5 Å². The molecule has 1 aromatic heterocycles. The van der Waals surface area contributed by atoms with Gasteiger partial charge in [0.1, 0.15) is 0 Å². The summed E-state index contributed by atoms with van der Waals surface area (Å²) >= 11 is 3.97. The number of nitrogens with zero attached hydrogens (tertiary/aromatic N) is 1. The number of carbonyl (C=O) groups is 2. The molecule has 0 saturated carbocycles. The van der Waals surface area contributed by atoms with Crippen LogP contribution in [0.1, 0.15) is 21.0 Å². The first-order valence-electron chi connectivity index (χ1n) is 4.38. The molecule has 16 heavy (non-hydrogen) atoms. The average molecular weight is 242 g/mol. The standard InChI is InChI=1S/C9H10N2O4S/c12-8(13)6-3-5(10-1-2-16)4-7(11-6)9(14)15/h3-4,16H,1-2H2,(H,10,11)(H,12,13)(H,14,15). The highest BCUT2D eigenvalue weighted by Gasteiger charge is 2.12. The molecule has 0 aliphatic heterocycles. The van der Waals surface area contributed by atoms with Crippen molar-refractivity contribution in [2.45, 2.75) is 0 Å². The van der Waals surface area contributed by atoms with Gasteiger partial charge >= 0.3 is 11.9 Å². The third-order valence-electron chi connectivity index (χ3n) is 1.70. The number of rotatable bonds is 5. The Morgan fingerprint density at radius 1 is 1.25 bits per heavy atom. The molecule has 0 bridgehead atoms. The minimum Gasteiger partial charge on any atom is -0.477 e. The first kappa shape index (κ1) is 12.3. The van der Waals surface area contributed by atoms with Crippen LogP contribution in [0.4, 0.5) is 5.69 Å². The van der Waals surface area contributed by atoms with Crippen LogP contribution in [0.15, 0.2) is 12.1 Å². The van der Waals surface area contributed by atoms with E-state index in [-0.39, 0.29) is 11.4 Å². The highest BCUT2D eigenvalue weighted by Crippen LogP contribution is 2.12. The number of carboxylic acids is 2. The predicted octanol–water partition coefficient (Wildman–Crippen LogP) is 0.820. The number of hydrogen-bond acceptors (Lipinski definition) is 5. The maximum Gasteiger partial charge on any atom is 0.354 e. The van der Waals surface area contributed by atoms with Crippen LogP contribution in [0, 0.1) is 0 Å².